The van der Waals surface area contributed by atoms with Crippen molar-refractivity contribution in [2.24, 2.45) is 5.73 Å². The second-order valence-electron chi connectivity index (χ2n) is 8.19. The SMILES string of the molecule is C[C@@H](NC(=O)c1ccc(Nc2nccn3c(-c4cn[nH]c4C(F)(F)F)cnc23)c(OC=O)c1Cl)C(=O)NCCN. The van der Waals surface area contributed by atoms with Crippen LogP contribution in [0.2, 0.25) is 5.02 Å². The number of alkyl halides is 3. The Morgan fingerprint density at radius 1 is 1.27 bits per heavy atom. The van der Waals surface area contributed by atoms with Crippen molar-refractivity contribution in [1.29, 1.82) is 0 Å². The van der Waals surface area contributed by atoms with E-state index in [-0.39, 0.29) is 64.3 Å². The monoisotopic (exact) mass is 579 g/mol. The van der Waals surface area contributed by atoms with E-state index in [1.807, 2.05) is 5.10 Å². The lowest BCUT2D eigenvalue weighted by molar-refractivity contribution is -0.140. The number of ether oxygens (including phenoxy) is 1. The summed E-state index contributed by atoms with van der Waals surface area (Å²) in [4.78, 5) is 44.4. The average molecular weight is 580 g/mol. The summed E-state index contributed by atoms with van der Waals surface area (Å²) >= 11 is 6.39. The van der Waals surface area contributed by atoms with E-state index in [0.717, 1.165) is 6.20 Å². The second-order valence-corrected chi connectivity index (χ2v) is 8.57. The number of nitrogens with zero attached hydrogens (tertiary/aromatic N) is 4. The number of carbonyl (C=O) groups is 3. The number of nitrogens with two attached hydrogens (primary N) is 1. The first kappa shape index (κ1) is 28.3. The number of hydrogen-bond acceptors (Lipinski definition) is 9. The molecule has 0 radical (unpaired) electrons. The van der Waals surface area contributed by atoms with Crippen LogP contribution in [0.15, 0.2) is 36.9 Å². The van der Waals surface area contributed by atoms with Crippen molar-refractivity contribution >= 4 is 47.0 Å². The molecule has 210 valence electrons. The lowest BCUT2D eigenvalue weighted by Gasteiger charge is -2.17. The molecular weight excluding hydrogens is 559 g/mol. The first-order valence-corrected chi connectivity index (χ1v) is 11.9. The molecule has 0 spiro atoms. The Hall–Kier alpha value is -4.70. The number of nitrogens with one attached hydrogen (secondary N) is 4. The van der Waals surface area contributed by atoms with Crippen LogP contribution >= 0.6 is 11.6 Å². The number of hydrogen-bond donors (Lipinski definition) is 5. The van der Waals surface area contributed by atoms with Crippen molar-refractivity contribution in [1.82, 2.24) is 35.2 Å². The Kier molecular flexibility index (Phi) is 8.20. The van der Waals surface area contributed by atoms with Gasteiger partial charge in [-0.15, -0.1) is 0 Å². The van der Waals surface area contributed by atoms with Gasteiger partial charge in [-0.2, -0.15) is 18.3 Å². The van der Waals surface area contributed by atoms with Gasteiger partial charge in [-0.25, -0.2) is 9.97 Å². The van der Waals surface area contributed by atoms with Gasteiger partial charge in [0.2, 0.25) is 5.91 Å². The van der Waals surface area contributed by atoms with Crippen molar-refractivity contribution < 1.29 is 32.3 Å². The topological polar surface area (TPSA) is 181 Å². The lowest BCUT2D eigenvalue weighted by Crippen LogP contribution is -2.46. The summed E-state index contributed by atoms with van der Waals surface area (Å²) in [6, 6.07) is 1.76. The van der Waals surface area contributed by atoms with E-state index in [1.165, 1.54) is 42.0 Å². The molecule has 13 nitrogen and oxygen atoms in total. The van der Waals surface area contributed by atoms with Crippen LogP contribution in [0.1, 0.15) is 23.0 Å². The highest BCUT2D eigenvalue weighted by molar-refractivity contribution is 6.36. The molecule has 17 heteroatoms. The van der Waals surface area contributed by atoms with E-state index >= 15 is 0 Å². The molecule has 0 aliphatic heterocycles. The zero-order valence-electron chi connectivity index (χ0n) is 20.5. The van der Waals surface area contributed by atoms with Crippen molar-refractivity contribution in [2.75, 3.05) is 18.4 Å². The van der Waals surface area contributed by atoms with Gasteiger partial charge in [0, 0.05) is 25.5 Å². The number of aromatic amines is 1. The molecular formula is C23H21ClF3N9O4. The van der Waals surface area contributed by atoms with Gasteiger partial charge in [0.25, 0.3) is 12.4 Å². The molecule has 3 heterocycles. The quantitative estimate of drug-likeness (QED) is 0.176. The van der Waals surface area contributed by atoms with E-state index in [4.69, 9.17) is 22.1 Å². The van der Waals surface area contributed by atoms with Crippen molar-refractivity contribution in [3.8, 4) is 17.0 Å². The molecule has 4 aromatic rings. The molecule has 0 saturated carbocycles. The third-order valence-corrected chi connectivity index (χ3v) is 5.95. The van der Waals surface area contributed by atoms with E-state index in [9.17, 15) is 27.6 Å². The molecule has 4 rings (SSSR count). The maximum atomic E-state index is 13.4. The predicted molar refractivity (Wildman–Crippen MR) is 136 cm³/mol. The Morgan fingerprint density at radius 3 is 2.75 bits per heavy atom. The first-order valence-electron chi connectivity index (χ1n) is 11.5. The van der Waals surface area contributed by atoms with Gasteiger partial charge in [-0.1, -0.05) is 11.6 Å². The number of imidazole rings is 1. The zero-order valence-corrected chi connectivity index (χ0v) is 21.3. The predicted octanol–water partition coefficient (Wildman–Crippen LogP) is 2.26. The molecule has 2 amide bonds. The summed E-state index contributed by atoms with van der Waals surface area (Å²) in [6.45, 7) is 2.00. The molecule has 0 unspecified atom stereocenters. The van der Waals surface area contributed by atoms with Gasteiger partial charge in [0.1, 0.15) is 11.7 Å². The van der Waals surface area contributed by atoms with E-state index < -0.39 is 29.7 Å². The zero-order chi connectivity index (χ0) is 29.0. The Morgan fingerprint density at radius 2 is 2.05 bits per heavy atom. The minimum Gasteiger partial charge on any atom is -0.425 e. The summed E-state index contributed by atoms with van der Waals surface area (Å²) in [5.74, 6) is -1.36. The van der Waals surface area contributed by atoms with Crippen LogP contribution in [0.25, 0.3) is 16.9 Å². The van der Waals surface area contributed by atoms with Crippen molar-refractivity contribution in [3.05, 3.63) is 53.2 Å². The molecule has 0 aliphatic carbocycles. The van der Waals surface area contributed by atoms with Gasteiger partial charge < -0.3 is 26.4 Å². The first-order chi connectivity index (χ1) is 19.1. The summed E-state index contributed by atoms with van der Waals surface area (Å²) in [5, 5.41) is 13.1. The number of carbonyl (C=O) groups excluding carboxylic acids is 3. The maximum absolute atomic E-state index is 13.4. The Labute approximate surface area is 228 Å². The largest absolute Gasteiger partial charge is 0.433 e. The van der Waals surface area contributed by atoms with Crippen LogP contribution in [0, 0.1) is 0 Å². The molecule has 3 aromatic heterocycles. The number of H-pyrrole nitrogens is 1. The third-order valence-electron chi connectivity index (χ3n) is 5.57. The van der Waals surface area contributed by atoms with Gasteiger partial charge >= 0.3 is 6.18 Å². The highest BCUT2D eigenvalue weighted by Crippen LogP contribution is 2.39. The fourth-order valence-corrected chi connectivity index (χ4v) is 4.01. The number of anilines is 2. The van der Waals surface area contributed by atoms with Crippen LogP contribution in [-0.2, 0) is 15.8 Å². The van der Waals surface area contributed by atoms with Crippen LogP contribution in [-0.4, -0.2) is 62.0 Å². The Balaban J connectivity index is 1.65. The van der Waals surface area contributed by atoms with Crippen LogP contribution in [0.5, 0.6) is 5.75 Å². The molecule has 0 aliphatic rings. The molecule has 40 heavy (non-hydrogen) atoms. The van der Waals surface area contributed by atoms with Crippen molar-refractivity contribution in [2.45, 2.75) is 19.1 Å². The van der Waals surface area contributed by atoms with Gasteiger partial charge in [0.15, 0.2) is 17.2 Å². The normalized spacial score (nSPS) is 12.2. The molecule has 1 aromatic carbocycles. The number of rotatable bonds is 10. The summed E-state index contributed by atoms with van der Waals surface area (Å²) in [7, 11) is 0. The smallest absolute Gasteiger partial charge is 0.425 e. The maximum Gasteiger partial charge on any atom is 0.433 e. The van der Waals surface area contributed by atoms with E-state index in [2.05, 4.69) is 31.0 Å². The minimum absolute atomic E-state index is 0.0695. The molecule has 0 fully saturated rings. The van der Waals surface area contributed by atoms with Gasteiger partial charge in [0.05, 0.1) is 39.9 Å². The molecule has 0 saturated heterocycles. The molecule has 1 atom stereocenters. The third kappa shape index (κ3) is 5.67. The number of benzene rings is 1. The number of fused-ring (bicyclic) bond motifs is 1. The highest BCUT2D eigenvalue weighted by atomic mass is 35.5. The average Bonchev–Trinajstić information content (AvgIpc) is 3.57. The van der Waals surface area contributed by atoms with Crippen LogP contribution in [0.3, 0.4) is 0 Å². The van der Waals surface area contributed by atoms with Crippen LogP contribution < -0.4 is 26.4 Å². The summed E-state index contributed by atoms with van der Waals surface area (Å²) in [5.41, 5.74) is 4.28. The fraction of sp³-hybridized carbons (Fsp3) is 0.217. The van der Waals surface area contributed by atoms with Crippen molar-refractivity contribution in [3.63, 3.8) is 0 Å². The Bertz CT molecular complexity index is 1570. The summed E-state index contributed by atoms with van der Waals surface area (Å²) in [6.07, 6.45) is 0.291. The lowest BCUT2D eigenvalue weighted by atomic mass is 10.1. The summed E-state index contributed by atoms with van der Waals surface area (Å²) < 4.78 is 46.6. The van der Waals surface area contributed by atoms with Gasteiger partial charge in [-0.05, 0) is 19.1 Å². The highest BCUT2D eigenvalue weighted by Gasteiger charge is 2.36. The fourth-order valence-electron chi connectivity index (χ4n) is 3.71. The number of halogens is 4. The number of aromatic nitrogens is 5. The second kappa shape index (κ2) is 11.6. The minimum atomic E-state index is -4.68. The van der Waals surface area contributed by atoms with Crippen LogP contribution in [0.4, 0.5) is 24.7 Å². The van der Waals surface area contributed by atoms with E-state index in [1.54, 1.807) is 0 Å². The standard InChI is InChI=1S/C23H21ClF3N9O4/c1-11(21(38)30-5-4-28)33-22(39)12-2-3-14(17(16(12)24)40-10-37)34-19-20-31-9-15(36(20)7-6-29-19)13-8-32-35-18(13)23(25,26)27/h2-3,6-11H,4-5,28H2,1H3,(H,29,34)(H,30,38)(H,32,35)(H,33,39)/t11-/m1/s1. The molecule has 0 bridgehead atoms. The number of amides is 2. The van der Waals surface area contributed by atoms with E-state index in [0.29, 0.717) is 0 Å². The van der Waals surface area contributed by atoms with Gasteiger partial charge in [-0.3, -0.25) is 23.9 Å². The molecule has 6 N–H and O–H groups in total.